The number of thiazole rings is 1. The van der Waals surface area contributed by atoms with Gasteiger partial charge in [0.2, 0.25) is 5.91 Å². The fraction of sp³-hybridized carbons (Fsp3) is 0.407. The smallest absolute Gasteiger partial charge is 0.256 e. The third-order valence-electron chi connectivity index (χ3n) is 7.60. The van der Waals surface area contributed by atoms with Gasteiger partial charge in [-0.1, -0.05) is 11.3 Å². The van der Waals surface area contributed by atoms with Crippen LogP contribution in [0.5, 0.6) is 0 Å². The molecular weight excluding hydrogens is 522 g/mol. The summed E-state index contributed by atoms with van der Waals surface area (Å²) in [5, 5.41) is 3.95. The van der Waals surface area contributed by atoms with Gasteiger partial charge in [-0.25, -0.2) is 18.4 Å². The van der Waals surface area contributed by atoms with Crippen LogP contribution in [0.25, 0.3) is 10.4 Å². The van der Waals surface area contributed by atoms with Gasteiger partial charge in [0.15, 0.2) is 15.0 Å². The molecule has 6 rings (SSSR count). The Morgan fingerprint density at radius 1 is 1.18 bits per heavy atom. The van der Waals surface area contributed by atoms with Gasteiger partial charge >= 0.3 is 0 Å². The highest BCUT2D eigenvalue weighted by molar-refractivity contribution is 7.90. The molecule has 1 aliphatic carbocycles. The van der Waals surface area contributed by atoms with E-state index >= 15 is 0 Å². The number of rotatable bonds is 7. The molecule has 1 aromatic carbocycles. The van der Waals surface area contributed by atoms with Crippen LogP contribution < -0.4 is 10.2 Å². The van der Waals surface area contributed by atoms with E-state index in [0.29, 0.717) is 41.9 Å². The summed E-state index contributed by atoms with van der Waals surface area (Å²) < 4.78 is 25.6. The van der Waals surface area contributed by atoms with Gasteiger partial charge in [0, 0.05) is 49.8 Å². The topological polar surface area (TPSA) is 113 Å². The second-order valence-electron chi connectivity index (χ2n) is 10.4. The zero-order valence-electron chi connectivity index (χ0n) is 21.5. The largest absolute Gasteiger partial charge is 0.331 e. The molecule has 1 atom stereocenters. The van der Waals surface area contributed by atoms with Crippen LogP contribution in [0.2, 0.25) is 0 Å². The number of benzene rings is 1. The van der Waals surface area contributed by atoms with Crippen LogP contribution in [-0.2, 0) is 21.2 Å². The molecular formula is C27H29N5O4S2. The van der Waals surface area contributed by atoms with E-state index in [1.54, 1.807) is 17.2 Å². The molecule has 38 heavy (non-hydrogen) atoms. The van der Waals surface area contributed by atoms with E-state index < -0.39 is 9.84 Å². The Morgan fingerprint density at radius 3 is 2.66 bits per heavy atom. The van der Waals surface area contributed by atoms with Crippen LogP contribution in [0, 0.1) is 12.8 Å². The van der Waals surface area contributed by atoms with Crippen molar-refractivity contribution in [3.8, 4) is 10.4 Å². The van der Waals surface area contributed by atoms with Crippen molar-refractivity contribution in [2.45, 2.75) is 57.0 Å². The number of carbonyl (C=O) groups excluding carboxylic acids is 2. The van der Waals surface area contributed by atoms with E-state index in [-0.39, 0.29) is 22.8 Å². The molecule has 2 aliphatic heterocycles. The van der Waals surface area contributed by atoms with E-state index in [2.05, 4.69) is 22.2 Å². The van der Waals surface area contributed by atoms with Gasteiger partial charge < -0.3 is 10.2 Å². The summed E-state index contributed by atoms with van der Waals surface area (Å²) in [6.45, 7) is 5.02. The zero-order chi connectivity index (χ0) is 26.8. The predicted molar refractivity (Wildman–Crippen MR) is 147 cm³/mol. The van der Waals surface area contributed by atoms with Crippen molar-refractivity contribution >= 4 is 49.6 Å². The van der Waals surface area contributed by atoms with Crippen molar-refractivity contribution in [3.05, 3.63) is 47.3 Å². The molecule has 9 nitrogen and oxygen atoms in total. The quantitative estimate of drug-likeness (QED) is 0.459. The lowest BCUT2D eigenvalue weighted by molar-refractivity contribution is -0.117. The minimum atomic E-state index is -3.64. The van der Waals surface area contributed by atoms with Crippen LogP contribution in [0.15, 0.2) is 35.4 Å². The van der Waals surface area contributed by atoms with Gasteiger partial charge in [-0.3, -0.25) is 14.5 Å². The molecule has 198 valence electrons. The highest BCUT2D eigenvalue weighted by Gasteiger charge is 2.41. The number of nitrogens with one attached hydrogen (secondary N) is 1. The summed E-state index contributed by atoms with van der Waals surface area (Å²) in [5.41, 5.74) is 3.31. The number of amides is 2. The second-order valence-corrected chi connectivity index (χ2v) is 13.4. The molecule has 2 amide bonds. The van der Waals surface area contributed by atoms with Crippen LogP contribution in [0.4, 0.5) is 16.6 Å². The van der Waals surface area contributed by atoms with Crippen molar-refractivity contribution in [3.63, 3.8) is 0 Å². The van der Waals surface area contributed by atoms with Crippen LogP contribution in [0.3, 0.4) is 0 Å². The number of pyridine rings is 1. The molecule has 4 heterocycles. The maximum absolute atomic E-state index is 13.3. The van der Waals surface area contributed by atoms with Gasteiger partial charge in [0.25, 0.3) is 5.91 Å². The molecule has 2 aromatic heterocycles. The minimum absolute atomic E-state index is 0.0730. The summed E-state index contributed by atoms with van der Waals surface area (Å²) in [4.78, 5) is 38.9. The Bertz CT molecular complexity index is 1580. The van der Waals surface area contributed by atoms with Crippen LogP contribution >= 0.6 is 11.3 Å². The maximum Gasteiger partial charge on any atom is 0.256 e. The Kier molecular flexibility index (Phi) is 6.03. The zero-order valence-corrected chi connectivity index (χ0v) is 23.2. The lowest BCUT2D eigenvalue weighted by Gasteiger charge is -2.24. The molecule has 2 fully saturated rings. The van der Waals surface area contributed by atoms with E-state index in [0.717, 1.165) is 52.9 Å². The number of carbonyl (C=O) groups is 2. The van der Waals surface area contributed by atoms with E-state index in [1.807, 2.05) is 30.0 Å². The summed E-state index contributed by atoms with van der Waals surface area (Å²) in [6.07, 6.45) is 6.39. The number of nitrogens with zero attached hydrogens (tertiary/aromatic N) is 4. The third-order valence-corrected chi connectivity index (χ3v) is 9.84. The molecule has 3 aromatic rings. The van der Waals surface area contributed by atoms with E-state index in [9.17, 15) is 18.0 Å². The van der Waals surface area contributed by atoms with E-state index in [1.165, 1.54) is 11.3 Å². The number of hydrogen-bond donors (Lipinski definition) is 1. The lowest BCUT2D eigenvalue weighted by atomic mass is 10.0. The normalized spacial score (nSPS) is 18.3. The number of hydrogen-bond acceptors (Lipinski definition) is 8. The Morgan fingerprint density at radius 2 is 1.97 bits per heavy atom. The van der Waals surface area contributed by atoms with Crippen molar-refractivity contribution in [1.29, 1.82) is 0 Å². The second kappa shape index (κ2) is 9.16. The highest BCUT2D eigenvalue weighted by atomic mass is 32.2. The molecule has 0 unspecified atom stereocenters. The first-order chi connectivity index (χ1) is 18.1. The number of anilines is 3. The van der Waals surface area contributed by atoms with Crippen molar-refractivity contribution < 1.29 is 18.0 Å². The maximum atomic E-state index is 13.3. The number of fused-ring (bicyclic) bond motifs is 1. The monoisotopic (exact) mass is 551 g/mol. The lowest BCUT2D eigenvalue weighted by Crippen LogP contribution is -2.35. The fourth-order valence-corrected chi connectivity index (χ4v) is 7.30. The Balaban J connectivity index is 1.33. The summed E-state index contributed by atoms with van der Waals surface area (Å²) in [5.74, 6) is 0.977. The summed E-state index contributed by atoms with van der Waals surface area (Å²) in [6, 6.07) is 7.30. The van der Waals surface area contributed by atoms with Gasteiger partial charge in [-0.05, 0) is 68.4 Å². The third kappa shape index (κ3) is 4.47. The summed E-state index contributed by atoms with van der Waals surface area (Å²) in [7, 11) is -3.64. The number of aryl methyl sites for hydroxylation is 1. The van der Waals surface area contributed by atoms with Gasteiger partial charge in [-0.15, -0.1) is 0 Å². The van der Waals surface area contributed by atoms with E-state index in [4.69, 9.17) is 0 Å². The molecule has 0 spiro atoms. The van der Waals surface area contributed by atoms with Gasteiger partial charge in [-0.2, -0.15) is 0 Å². The first-order valence-corrected chi connectivity index (χ1v) is 15.5. The minimum Gasteiger partial charge on any atom is -0.331 e. The molecule has 0 bridgehead atoms. The van der Waals surface area contributed by atoms with Gasteiger partial charge in [0.1, 0.15) is 5.82 Å². The highest BCUT2D eigenvalue weighted by Crippen LogP contribution is 2.42. The Hall–Kier alpha value is -3.31. The number of sulfone groups is 1. The van der Waals surface area contributed by atoms with Crippen LogP contribution in [-0.4, -0.2) is 53.9 Å². The average molecular weight is 552 g/mol. The summed E-state index contributed by atoms with van der Waals surface area (Å²) >= 11 is 1.42. The Labute approximate surface area is 225 Å². The van der Waals surface area contributed by atoms with Crippen molar-refractivity contribution in [2.24, 2.45) is 5.92 Å². The molecule has 11 heteroatoms. The molecule has 1 saturated carbocycles. The standard InChI is InChI=1S/C27H29N5O4S2/c1-15-25(37-27(29-15)30-20-8-9-28-22(13-20)31-10-4-5-23(31)33)18-11-19-14-32(16(2)17-6-7-17)26(34)24(19)21(12-18)38(3,35)36/h8-9,11-13,16-17H,4-7,10,14H2,1-3H3,(H,28,29,30)/t16-/m0/s1. The molecule has 0 radical (unpaired) electrons. The fourth-order valence-electron chi connectivity index (χ4n) is 5.40. The molecule has 1 saturated heterocycles. The van der Waals surface area contributed by atoms with Crippen molar-refractivity contribution in [1.82, 2.24) is 14.9 Å². The molecule has 1 N–H and O–H groups in total. The predicted octanol–water partition coefficient (Wildman–Crippen LogP) is 4.54. The van der Waals surface area contributed by atoms with Gasteiger partial charge in [0.05, 0.1) is 21.0 Å². The number of aromatic nitrogens is 2. The van der Waals surface area contributed by atoms with Crippen LogP contribution in [0.1, 0.15) is 54.2 Å². The average Bonchev–Trinajstić information content (AvgIpc) is 3.41. The SMILES string of the molecule is Cc1nc(Nc2ccnc(N3CCCC3=O)c2)sc1-c1cc2c(c(S(C)(=O)=O)c1)C(=O)N([C@@H](C)C1CC1)C2. The first-order valence-electron chi connectivity index (χ1n) is 12.8. The first kappa shape index (κ1) is 25.0. The van der Waals surface area contributed by atoms with Crippen molar-refractivity contribution in [2.75, 3.05) is 23.0 Å². The molecule has 3 aliphatic rings.